The van der Waals surface area contributed by atoms with Gasteiger partial charge in [-0.15, -0.1) is 11.6 Å². The second kappa shape index (κ2) is 6.85. The second-order valence-corrected chi connectivity index (χ2v) is 4.12. The highest BCUT2D eigenvalue weighted by Crippen LogP contribution is 2.35. The predicted molar refractivity (Wildman–Crippen MR) is 66.3 cm³/mol. The molecule has 102 valence electrons. The summed E-state index contributed by atoms with van der Waals surface area (Å²) >= 11 is 5.43. The minimum Gasteiger partial charge on any atom is -0.378 e. The molecule has 0 radical (unpaired) electrons. The van der Waals surface area contributed by atoms with Crippen molar-refractivity contribution in [2.24, 2.45) is 0 Å². The molecule has 0 saturated heterocycles. The molecular formula is C12H15ClF3NO. The summed E-state index contributed by atoms with van der Waals surface area (Å²) in [6.07, 6.45) is -4.35. The van der Waals surface area contributed by atoms with Crippen LogP contribution in [0.1, 0.15) is 5.56 Å². The van der Waals surface area contributed by atoms with Gasteiger partial charge in [0.05, 0.1) is 18.8 Å². The second-order valence-electron chi connectivity index (χ2n) is 3.74. The minimum absolute atomic E-state index is 0.152. The maximum Gasteiger partial charge on any atom is 0.418 e. The van der Waals surface area contributed by atoms with Gasteiger partial charge in [0.25, 0.3) is 0 Å². The summed E-state index contributed by atoms with van der Waals surface area (Å²) in [4.78, 5) is 1.52. The zero-order valence-electron chi connectivity index (χ0n) is 10.0. The fourth-order valence-corrected chi connectivity index (χ4v) is 1.63. The molecule has 2 nitrogen and oxygen atoms in total. The first kappa shape index (κ1) is 15.1. The first-order valence-corrected chi connectivity index (χ1v) is 6.01. The molecule has 0 bridgehead atoms. The Morgan fingerprint density at radius 2 is 1.89 bits per heavy atom. The molecule has 0 aliphatic carbocycles. The first-order valence-electron chi connectivity index (χ1n) is 5.48. The van der Waals surface area contributed by atoms with Crippen LogP contribution in [0, 0.1) is 0 Å². The maximum atomic E-state index is 12.8. The topological polar surface area (TPSA) is 12.5 Å². The van der Waals surface area contributed by atoms with Gasteiger partial charge in [-0.1, -0.05) is 12.1 Å². The van der Waals surface area contributed by atoms with Gasteiger partial charge < -0.3 is 9.64 Å². The van der Waals surface area contributed by atoms with E-state index in [-0.39, 0.29) is 5.69 Å². The van der Waals surface area contributed by atoms with E-state index < -0.39 is 11.7 Å². The van der Waals surface area contributed by atoms with Crippen molar-refractivity contribution < 1.29 is 17.9 Å². The van der Waals surface area contributed by atoms with Gasteiger partial charge in [0.1, 0.15) is 0 Å². The Balaban J connectivity index is 2.70. The van der Waals surface area contributed by atoms with E-state index in [1.165, 1.54) is 17.0 Å². The van der Waals surface area contributed by atoms with Crippen LogP contribution in [0.25, 0.3) is 0 Å². The molecule has 0 atom stereocenters. The molecule has 1 rings (SSSR count). The Labute approximate surface area is 109 Å². The van der Waals surface area contributed by atoms with E-state index in [9.17, 15) is 13.2 Å². The summed E-state index contributed by atoms with van der Waals surface area (Å²) in [5, 5.41) is 0. The third kappa shape index (κ3) is 4.38. The predicted octanol–water partition coefficient (Wildman–Crippen LogP) is 3.40. The number of para-hydroxylation sites is 1. The molecule has 0 aromatic heterocycles. The monoisotopic (exact) mass is 281 g/mol. The molecule has 0 saturated carbocycles. The molecule has 0 heterocycles. The van der Waals surface area contributed by atoms with Crippen LogP contribution in [0.4, 0.5) is 18.9 Å². The zero-order chi connectivity index (χ0) is 13.6. The van der Waals surface area contributed by atoms with Crippen LogP contribution >= 0.6 is 11.6 Å². The number of anilines is 1. The van der Waals surface area contributed by atoms with Gasteiger partial charge in [0.2, 0.25) is 0 Å². The van der Waals surface area contributed by atoms with Gasteiger partial charge in [-0.3, -0.25) is 0 Å². The van der Waals surface area contributed by atoms with Crippen LogP contribution < -0.4 is 4.90 Å². The van der Waals surface area contributed by atoms with Crippen LogP contribution in [-0.2, 0) is 10.9 Å². The van der Waals surface area contributed by atoms with E-state index in [1.807, 2.05) is 0 Å². The lowest BCUT2D eigenvalue weighted by Crippen LogP contribution is -2.25. The first-order chi connectivity index (χ1) is 8.46. The van der Waals surface area contributed by atoms with Crippen molar-refractivity contribution in [1.82, 2.24) is 0 Å². The number of alkyl halides is 4. The van der Waals surface area contributed by atoms with Gasteiger partial charge >= 0.3 is 6.18 Å². The van der Waals surface area contributed by atoms with Crippen molar-refractivity contribution in [1.29, 1.82) is 0 Å². The molecule has 1 aromatic rings. The standard InChI is InChI=1S/C12H15ClF3NO/c1-17(7-9-18-8-6-13)11-5-3-2-4-10(11)12(14,15)16/h2-5H,6-9H2,1H3. The SMILES string of the molecule is CN(CCOCCCl)c1ccccc1C(F)(F)F. The molecule has 0 unspecified atom stereocenters. The van der Waals surface area contributed by atoms with Gasteiger partial charge in [0, 0.05) is 25.2 Å². The summed E-state index contributed by atoms with van der Waals surface area (Å²) in [5.74, 6) is 0.378. The average Bonchev–Trinajstić information content (AvgIpc) is 2.33. The number of benzene rings is 1. The Hall–Kier alpha value is -0.940. The number of rotatable bonds is 6. The van der Waals surface area contributed by atoms with Crippen molar-refractivity contribution in [3.8, 4) is 0 Å². The summed E-state index contributed by atoms with van der Waals surface area (Å²) in [7, 11) is 1.61. The zero-order valence-corrected chi connectivity index (χ0v) is 10.8. The minimum atomic E-state index is -4.35. The van der Waals surface area contributed by atoms with E-state index in [4.69, 9.17) is 16.3 Å². The number of ether oxygens (including phenoxy) is 1. The normalized spacial score (nSPS) is 11.6. The molecular weight excluding hydrogens is 267 g/mol. The van der Waals surface area contributed by atoms with Crippen molar-refractivity contribution in [3.05, 3.63) is 29.8 Å². The van der Waals surface area contributed by atoms with E-state index in [0.717, 1.165) is 6.07 Å². The number of likely N-dealkylation sites (N-methyl/N-ethyl adjacent to an activating group) is 1. The van der Waals surface area contributed by atoms with Crippen molar-refractivity contribution in [2.75, 3.05) is 37.6 Å². The molecule has 0 aliphatic heterocycles. The highest BCUT2D eigenvalue weighted by molar-refractivity contribution is 6.17. The van der Waals surface area contributed by atoms with E-state index in [1.54, 1.807) is 13.1 Å². The van der Waals surface area contributed by atoms with Crippen molar-refractivity contribution >= 4 is 17.3 Å². The molecule has 0 N–H and O–H groups in total. The Bertz CT molecular complexity index is 371. The molecule has 0 spiro atoms. The van der Waals surface area contributed by atoms with Crippen LogP contribution in [0.5, 0.6) is 0 Å². The number of hydrogen-bond donors (Lipinski definition) is 0. The fraction of sp³-hybridized carbons (Fsp3) is 0.500. The van der Waals surface area contributed by atoms with E-state index in [2.05, 4.69) is 0 Å². The highest BCUT2D eigenvalue weighted by Gasteiger charge is 2.33. The Morgan fingerprint density at radius 1 is 1.22 bits per heavy atom. The van der Waals surface area contributed by atoms with Crippen LogP contribution in [-0.4, -0.2) is 32.7 Å². The van der Waals surface area contributed by atoms with E-state index >= 15 is 0 Å². The van der Waals surface area contributed by atoms with Crippen molar-refractivity contribution in [2.45, 2.75) is 6.18 Å². The lowest BCUT2D eigenvalue weighted by molar-refractivity contribution is -0.137. The van der Waals surface area contributed by atoms with Gasteiger partial charge in [-0.2, -0.15) is 13.2 Å². The van der Waals surface area contributed by atoms with Crippen LogP contribution in [0.3, 0.4) is 0 Å². The molecule has 0 aliphatic rings. The van der Waals surface area contributed by atoms with Crippen LogP contribution in [0.2, 0.25) is 0 Å². The summed E-state index contributed by atoms with van der Waals surface area (Å²) < 4.78 is 43.5. The van der Waals surface area contributed by atoms with E-state index in [0.29, 0.717) is 25.6 Å². The third-order valence-corrected chi connectivity index (χ3v) is 2.57. The Morgan fingerprint density at radius 3 is 2.50 bits per heavy atom. The summed E-state index contributed by atoms with van der Waals surface area (Å²) in [6.45, 7) is 1.12. The highest BCUT2D eigenvalue weighted by atomic mass is 35.5. The molecule has 0 amide bonds. The number of hydrogen-bond acceptors (Lipinski definition) is 2. The smallest absolute Gasteiger partial charge is 0.378 e. The Kier molecular flexibility index (Phi) is 5.75. The van der Waals surface area contributed by atoms with Gasteiger partial charge in [-0.05, 0) is 12.1 Å². The van der Waals surface area contributed by atoms with Gasteiger partial charge in [-0.25, -0.2) is 0 Å². The largest absolute Gasteiger partial charge is 0.418 e. The molecule has 18 heavy (non-hydrogen) atoms. The molecule has 0 fully saturated rings. The maximum absolute atomic E-state index is 12.8. The summed E-state index contributed by atoms with van der Waals surface area (Å²) in [6, 6.07) is 5.49. The molecule has 6 heteroatoms. The molecule has 1 aromatic carbocycles. The summed E-state index contributed by atoms with van der Waals surface area (Å²) in [5.41, 5.74) is -0.482. The van der Waals surface area contributed by atoms with Crippen molar-refractivity contribution in [3.63, 3.8) is 0 Å². The van der Waals surface area contributed by atoms with Gasteiger partial charge in [0.15, 0.2) is 0 Å². The quantitative estimate of drug-likeness (QED) is 0.585. The lowest BCUT2D eigenvalue weighted by Gasteiger charge is -2.23. The lowest BCUT2D eigenvalue weighted by atomic mass is 10.1. The van der Waals surface area contributed by atoms with Crippen LogP contribution in [0.15, 0.2) is 24.3 Å². The number of halogens is 4. The fourth-order valence-electron chi connectivity index (χ4n) is 1.52. The third-order valence-electron chi connectivity index (χ3n) is 2.41. The number of nitrogens with zero attached hydrogens (tertiary/aromatic N) is 1. The average molecular weight is 282 g/mol.